The van der Waals surface area contributed by atoms with Crippen molar-refractivity contribution in [3.63, 3.8) is 0 Å². The zero-order valence-corrected chi connectivity index (χ0v) is 12.3. The molecular formula is C14H23NO3S. The monoisotopic (exact) mass is 285 g/mol. The lowest BCUT2D eigenvalue weighted by Crippen LogP contribution is -2.37. The molecule has 19 heavy (non-hydrogen) atoms. The molecular weight excluding hydrogens is 262 g/mol. The van der Waals surface area contributed by atoms with Crippen molar-refractivity contribution < 1.29 is 13.2 Å². The van der Waals surface area contributed by atoms with Crippen LogP contribution in [0.3, 0.4) is 0 Å². The molecule has 0 unspecified atom stereocenters. The molecule has 108 valence electrons. The Morgan fingerprint density at radius 2 is 1.84 bits per heavy atom. The summed E-state index contributed by atoms with van der Waals surface area (Å²) in [7, 11) is -2.95. The van der Waals surface area contributed by atoms with Gasteiger partial charge in [-0.05, 0) is 31.1 Å². The van der Waals surface area contributed by atoms with E-state index in [0.29, 0.717) is 11.8 Å². The summed E-state index contributed by atoms with van der Waals surface area (Å²) in [5, 5.41) is 0. The molecule has 0 aromatic rings. The van der Waals surface area contributed by atoms with Gasteiger partial charge in [0.05, 0.1) is 17.4 Å². The number of sulfone groups is 1. The molecule has 1 saturated carbocycles. The Balaban J connectivity index is 1.63. The third-order valence-corrected chi connectivity index (χ3v) is 7.01. The first-order valence-electron chi connectivity index (χ1n) is 7.49. The Morgan fingerprint density at radius 3 is 2.47 bits per heavy atom. The molecule has 1 amide bonds. The van der Waals surface area contributed by atoms with E-state index in [0.717, 1.165) is 19.5 Å². The Bertz CT molecular complexity index is 465. The maximum atomic E-state index is 12.4. The summed E-state index contributed by atoms with van der Waals surface area (Å²) in [5.74, 6) is 0.116. The van der Waals surface area contributed by atoms with E-state index in [1.807, 2.05) is 4.90 Å². The van der Waals surface area contributed by atoms with Crippen molar-refractivity contribution in [1.82, 2.24) is 4.90 Å². The van der Waals surface area contributed by atoms with Crippen LogP contribution in [0.2, 0.25) is 0 Å². The second kappa shape index (κ2) is 4.76. The van der Waals surface area contributed by atoms with Gasteiger partial charge in [-0.2, -0.15) is 0 Å². The molecule has 1 atom stereocenters. The molecule has 0 radical (unpaired) electrons. The van der Waals surface area contributed by atoms with Crippen molar-refractivity contribution in [2.75, 3.05) is 24.6 Å². The van der Waals surface area contributed by atoms with Crippen LogP contribution < -0.4 is 0 Å². The molecule has 1 spiro atoms. The van der Waals surface area contributed by atoms with Crippen molar-refractivity contribution in [3.05, 3.63) is 0 Å². The zero-order valence-electron chi connectivity index (χ0n) is 11.4. The molecule has 1 aliphatic carbocycles. The van der Waals surface area contributed by atoms with Crippen LogP contribution in [-0.4, -0.2) is 43.8 Å². The fraction of sp³-hybridized carbons (Fsp3) is 0.929. The summed E-state index contributed by atoms with van der Waals surface area (Å²) in [6.07, 6.45) is 8.07. The predicted molar refractivity (Wildman–Crippen MR) is 73.5 cm³/mol. The maximum Gasteiger partial charge on any atom is 0.226 e. The van der Waals surface area contributed by atoms with Gasteiger partial charge >= 0.3 is 0 Å². The van der Waals surface area contributed by atoms with Crippen LogP contribution in [0.4, 0.5) is 0 Å². The highest BCUT2D eigenvalue weighted by molar-refractivity contribution is 7.91. The van der Waals surface area contributed by atoms with Crippen molar-refractivity contribution in [3.8, 4) is 0 Å². The van der Waals surface area contributed by atoms with E-state index in [1.54, 1.807) is 0 Å². The van der Waals surface area contributed by atoms with Crippen LogP contribution >= 0.6 is 0 Å². The summed E-state index contributed by atoms with van der Waals surface area (Å²) in [4.78, 5) is 14.4. The molecule has 5 heteroatoms. The maximum absolute atomic E-state index is 12.4. The minimum atomic E-state index is -2.95. The standard InChI is InChI=1S/C14H23NO3S/c16-13(12-4-9-19(17,18)10-12)15-8-7-14(11-15)5-2-1-3-6-14/h12H,1-11H2/t12-/m0/s1. The molecule has 0 aromatic carbocycles. The summed E-state index contributed by atoms with van der Waals surface area (Å²) < 4.78 is 23.0. The predicted octanol–water partition coefficient (Wildman–Crippen LogP) is 1.60. The van der Waals surface area contributed by atoms with Crippen LogP contribution in [0, 0.1) is 11.3 Å². The Labute approximate surface area is 115 Å². The smallest absolute Gasteiger partial charge is 0.226 e. The van der Waals surface area contributed by atoms with Crippen molar-refractivity contribution in [1.29, 1.82) is 0 Å². The lowest BCUT2D eigenvalue weighted by molar-refractivity contribution is -0.134. The van der Waals surface area contributed by atoms with Gasteiger partial charge in [-0.25, -0.2) is 8.42 Å². The second-order valence-corrected chi connectivity index (χ2v) is 8.90. The first-order chi connectivity index (χ1) is 9.00. The Hall–Kier alpha value is -0.580. The van der Waals surface area contributed by atoms with Crippen molar-refractivity contribution in [2.45, 2.75) is 44.9 Å². The molecule has 3 rings (SSSR count). The van der Waals surface area contributed by atoms with Gasteiger partial charge in [0.25, 0.3) is 0 Å². The van der Waals surface area contributed by atoms with E-state index >= 15 is 0 Å². The average molecular weight is 285 g/mol. The van der Waals surface area contributed by atoms with E-state index in [9.17, 15) is 13.2 Å². The number of nitrogens with zero attached hydrogens (tertiary/aromatic N) is 1. The molecule has 3 fully saturated rings. The molecule has 2 saturated heterocycles. The molecule has 3 aliphatic rings. The number of likely N-dealkylation sites (tertiary alicyclic amines) is 1. The summed E-state index contributed by atoms with van der Waals surface area (Å²) in [5.41, 5.74) is 0.366. The minimum Gasteiger partial charge on any atom is -0.342 e. The SMILES string of the molecule is O=C([C@H]1CCS(=O)(=O)C1)N1CCC2(CCCCC2)C1. The molecule has 0 N–H and O–H groups in total. The van der Waals surface area contributed by atoms with Gasteiger partial charge in [-0.15, -0.1) is 0 Å². The first-order valence-corrected chi connectivity index (χ1v) is 9.31. The van der Waals surface area contributed by atoms with Crippen LogP contribution in [0.5, 0.6) is 0 Å². The van der Waals surface area contributed by atoms with Gasteiger partial charge in [0.15, 0.2) is 9.84 Å². The number of carbonyl (C=O) groups is 1. The number of hydrogen-bond acceptors (Lipinski definition) is 3. The van der Waals surface area contributed by atoms with Gasteiger partial charge in [0.1, 0.15) is 0 Å². The lowest BCUT2D eigenvalue weighted by atomic mass is 9.73. The first kappa shape index (κ1) is 13.4. The van der Waals surface area contributed by atoms with Gasteiger partial charge in [-0.3, -0.25) is 4.79 Å². The normalized spacial score (nSPS) is 32.8. The van der Waals surface area contributed by atoms with Crippen molar-refractivity contribution >= 4 is 15.7 Å². The highest BCUT2D eigenvalue weighted by Crippen LogP contribution is 2.44. The molecule has 0 aromatic heterocycles. The Morgan fingerprint density at radius 1 is 1.11 bits per heavy atom. The van der Waals surface area contributed by atoms with Crippen LogP contribution in [0.1, 0.15) is 44.9 Å². The molecule has 4 nitrogen and oxygen atoms in total. The summed E-state index contributed by atoms with van der Waals surface area (Å²) >= 11 is 0. The number of carbonyl (C=O) groups excluding carboxylic acids is 1. The Kier molecular flexibility index (Phi) is 3.36. The van der Waals surface area contributed by atoms with E-state index in [2.05, 4.69) is 0 Å². The van der Waals surface area contributed by atoms with E-state index in [4.69, 9.17) is 0 Å². The average Bonchev–Trinajstić information content (AvgIpc) is 2.94. The fourth-order valence-corrected chi connectivity index (χ4v) is 5.81. The minimum absolute atomic E-state index is 0.0787. The van der Waals surface area contributed by atoms with Crippen LogP contribution in [0.15, 0.2) is 0 Å². The summed E-state index contributed by atoms with van der Waals surface area (Å²) in [6, 6.07) is 0. The van der Waals surface area contributed by atoms with Gasteiger partial charge in [0, 0.05) is 13.1 Å². The molecule has 0 bridgehead atoms. The highest BCUT2D eigenvalue weighted by atomic mass is 32.2. The van der Waals surface area contributed by atoms with Crippen molar-refractivity contribution in [2.24, 2.45) is 11.3 Å². The fourth-order valence-electron chi connectivity index (χ4n) is 4.08. The lowest BCUT2D eigenvalue weighted by Gasteiger charge is -2.33. The van der Waals surface area contributed by atoms with E-state index in [1.165, 1.54) is 32.1 Å². The van der Waals surface area contributed by atoms with Gasteiger partial charge in [-0.1, -0.05) is 19.3 Å². The zero-order chi connectivity index (χ0) is 13.5. The summed E-state index contributed by atoms with van der Waals surface area (Å²) in [6.45, 7) is 1.72. The van der Waals surface area contributed by atoms with Crippen LogP contribution in [-0.2, 0) is 14.6 Å². The topological polar surface area (TPSA) is 54.5 Å². The third kappa shape index (κ3) is 2.67. The number of rotatable bonds is 1. The van der Waals surface area contributed by atoms with E-state index in [-0.39, 0.29) is 23.3 Å². The number of amides is 1. The largest absolute Gasteiger partial charge is 0.342 e. The van der Waals surface area contributed by atoms with Crippen LogP contribution in [0.25, 0.3) is 0 Å². The van der Waals surface area contributed by atoms with Gasteiger partial charge < -0.3 is 4.90 Å². The number of hydrogen-bond donors (Lipinski definition) is 0. The van der Waals surface area contributed by atoms with Gasteiger partial charge in [0.2, 0.25) is 5.91 Å². The molecule has 2 aliphatic heterocycles. The third-order valence-electron chi connectivity index (χ3n) is 5.25. The highest BCUT2D eigenvalue weighted by Gasteiger charge is 2.43. The van der Waals surface area contributed by atoms with E-state index < -0.39 is 9.84 Å². The second-order valence-electron chi connectivity index (χ2n) is 6.67. The quantitative estimate of drug-likeness (QED) is 0.735. The molecule has 2 heterocycles.